The van der Waals surface area contributed by atoms with Crippen molar-refractivity contribution >= 4 is 16.7 Å². The van der Waals surface area contributed by atoms with Crippen molar-refractivity contribution < 1.29 is 8.78 Å². The second kappa shape index (κ2) is 8.46. The average Bonchev–Trinajstić information content (AvgIpc) is 3.30. The maximum Gasteiger partial charge on any atom is 0.164 e. The van der Waals surface area contributed by atoms with Crippen molar-refractivity contribution in [3.63, 3.8) is 0 Å². The minimum Gasteiger partial charge on any atom is -0.367 e. The number of hydrogen-bond acceptors (Lipinski definition) is 4. The number of hydrogen-bond donors (Lipinski definition) is 2. The number of nitriles is 1. The average molecular weight is 470 g/mol. The van der Waals surface area contributed by atoms with Crippen LogP contribution in [-0.2, 0) is 0 Å². The highest BCUT2D eigenvalue weighted by Crippen LogP contribution is 2.46. The van der Waals surface area contributed by atoms with E-state index >= 15 is 0 Å². The molecule has 2 atom stereocenters. The molecular weight excluding hydrogens is 444 g/mol. The number of H-pyrrole nitrogens is 1. The van der Waals surface area contributed by atoms with Crippen LogP contribution in [0.5, 0.6) is 0 Å². The molecule has 0 saturated heterocycles. The Morgan fingerprint density at radius 1 is 1.00 bits per heavy atom. The van der Waals surface area contributed by atoms with Gasteiger partial charge in [0.2, 0.25) is 0 Å². The standard InChI is InChI=1S/C28H25F2N5/c1-15-16-6-8-17(9-7-16)26(15)34-25-12-24(20-5-3-2-4-18(20)13-31)33-28(35-25)22-14-32-27-21(22)10-19(29)11-23(27)30/h2-5,10-12,14-17,26,32H,6-9H2,1H3,(H,33,34,35)/t15-,16?,17?,26+/m0/s1. The van der Waals surface area contributed by atoms with Gasteiger partial charge in [-0.25, -0.2) is 18.7 Å². The second-order valence-electron chi connectivity index (χ2n) is 9.84. The van der Waals surface area contributed by atoms with Crippen molar-refractivity contribution in [1.82, 2.24) is 15.0 Å². The van der Waals surface area contributed by atoms with Crippen LogP contribution >= 0.6 is 0 Å². The van der Waals surface area contributed by atoms with E-state index in [4.69, 9.17) is 9.97 Å². The van der Waals surface area contributed by atoms with E-state index < -0.39 is 11.6 Å². The summed E-state index contributed by atoms with van der Waals surface area (Å²) in [7, 11) is 0. The van der Waals surface area contributed by atoms with Gasteiger partial charge < -0.3 is 10.3 Å². The third-order valence-corrected chi connectivity index (χ3v) is 7.95. The van der Waals surface area contributed by atoms with Crippen molar-refractivity contribution in [3.05, 3.63) is 65.9 Å². The molecule has 2 N–H and O–H groups in total. The van der Waals surface area contributed by atoms with E-state index in [1.54, 1.807) is 12.3 Å². The maximum atomic E-state index is 14.4. The smallest absolute Gasteiger partial charge is 0.164 e. The van der Waals surface area contributed by atoms with Crippen molar-refractivity contribution in [2.75, 3.05) is 5.32 Å². The molecule has 3 aliphatic carbocycles. The number of aromatic nitrogens is 3. The highest BCUT2D eigenvalue weighted by Gasteiger charge is 2.41. The Morgan fingerprint density at radius 2 is 1.77 bits per heavy atom. The number of halogens is 2. The Labute approximate surface area is 202 Å². The highest BCUT2D eigenvalue weighted by molar-refractivity contribution is 5.94. The summed E-state index contributed by atoms with van der Waals surface area (Å²) in [6.45, 7) is 2.31. The molecule has 176 valence electrons. The van der Waals surface area contributed by atoms with Crippen molar-refractivity contribution in [1.29, 1.82) is 5.26 Å². The van der Waals surface area contributed by atoms with Crippen molar-refractivity contribution in [2.45, 2.75) is 38.6 Å². The molecule has 35 heavy (non-hydrogen) atoms. The Bertz CT molecular complexity index is 1460. The number of fused-ring (bicyclic) bond motifs is 4. The molecule has 2 heterocycles. The molecule has 3 fully saturated rings. The molecule has 2 aromatic heterocycles. The quantitative estimate of drug-likeness (QED) is 0.350. The van der Waals surface area contributed by atoms with E-state index in [1.165, 1.54) is 31.7 Å². The van der Waals surface area contributed by atoms with Crippen LogP contribution in [0.2, 0.25) is 0 Å². The number of benzene rings is 2. The van der Waals surface area contributed by atoms with Crippen LogP contribution in [0.15, 0.2) is 48.7 Å². The second-order valence-corrected chi connectivity index (χ2v) is 9.84. The molecule has 2 aromatic carbocycles. The molecule has 7 rings (SSSR count). The lowest BCUT2D eigenvalue weighted by molar-refractivity contribution is 0.0928. The summed E-state index contributed by atoms with van der Waals surface area (Å²) in [4.78, 5) is 12.5. The van der Waals surface area contributed by atoms with Crippen LogP contribution in [0, 0.1) is 40.7 Å². The van der Waals surface area contributed by atoms with Gasteiger partial charge in [0.1, 0.15) is 17.5 Å². The maximum absolute atomic E-state index is 14.4. The third kappa shape index (κ3) is 3.74. The minimum atomic E-state index is -0.664. The van der Waals surface area contributed by atoms with Crippen LogP contribution in [0.1, 0.15) is 38.2 Å². The Morgan fingerprint density at radius 3 is 2.54 bits per heavy atom. The first-order valence-electron chi connectivity index (χ1n) is 12.1. The van der Waals surface area contributed by atoms with E-state index in [9.17, 15) is 14.0 Å². The van der Waals surface area contributed by atoms with Gasteiger partial charge in [0.15, 0.2) is 5.82 Å². The predicted molar refractivity (Wildman–Crippen MR) is 131 cm³/mol. The minimum absolute atomic E-state index is 0.209. The van der Waals surface area contributed by atoms with Crippen molar-refractivity contribution in [3.8, 4) is 28.7 Å². The Kier molecular flexibility index (Phi) is 5.25. The summed E-state index contributed by atoms with van der Waals surface area (Å²) in [5.41, 5.74) is 2.51. The van der Waals surface area contributed by atoms with E-state index in [0.29, 0.717) is 57.3 Å². The van der Waals surface area contributed by atoms with Gasteiger partial charge in [0.05, 0.1) is 22.8 Å². The first kappa shape index (κ1) is 21.7. The third-order valence-electron chi connectivity index (χ3n) is 7.95. The monoisotopic (exact) mass is 469 g/mol. The molecule has 0 amide bonds. The number of nitrogens with one attached hydrogen (secondary N) is 2. The summed E-state index contributed by atoms with van der Waals surface area (Å²) in [6, 6.07) is 13.9. The van der Waals surface area contributed by atoms with Crippen LogP contribution in [0.3, 0.4) is 0 Å². The largest absolute Gasteiger partial charge is 0.367 e. The number of anilines is 1. The fourth-order valence-corrected chi connectivity index (χ4v) is 6.10. The molecule has 0 radical (unpaired) electrons. The summed E-state index contributed by atoms with van der Waals surface area (Å²) in [5, 5.41) is 13.7. The normalized spacial score (nSPS) is 23.4. The SMILES string of the molecule is C[C@H]1C2CCC(CC2)[C@@H]1Nc1cc(-c2ccccc2C#N)nc(-c2c[nH]c3c(F)cc(F)cc23)n1. The lowest BCUT2D eigenvalue weighted by atomic mass is 9.62. The molecule has 0 spiro atoms. The first-order valence-corrected chi connectivity index (χ1v) is 12.1. The molecule has 4 aromatic rings. The van der Waals surface area contributed by atoms with Crippen LogP contribution in [0.4, 0.5) is 14.6 Å². The van der Waals surface area contributed by atoms with E-state index in [2.05, 4.69) is 23.3 Å². The zero-order valence-electron chi connectivity index (χ0n) is 19.4. The lowest BCUT2D eigenvalue weighted by Crippen LogP contribution is -2.47. The highest BCUT2D eigenvalue weighted by atomic mass is 19.1. The lowest BCUT2D eigenvalue weighted by Gasteiger charge is -2.47. The predicted octanol–water partition coefficient (Wildman–Crippen LogP) is 6.68. The molecule has 0 aliphatic heterocycles. The van der Waals surface area contributed by atoms with Gasteiger partial charge in [-0.3, -0.25) is 0 Å². The van der Waals surface area contributed by atoms with E-state index in [0.717, 1.165) is 12.0 Å². The van der Waals surface area contributed by atoms with Crippen LogP contribution in [-0.4, -0.2) is 21.0 Å². The molecule has 0 unspecified atom stereocenters. The summed E-state index contributed by atoms with van der Waals surface area (Å²) < 4.78 is 28.5. The molecule has 7 heteroatoms. The number of nitrogens with zero attached hydrogens (tertiary/aromatic N) is 3. The van der Waals surface area contributed by atoms with Gasteiger partial charge in [0.25, 0.3) is 0 Å². The molecule has 3 aliphatic rings. The van der Waals surface area contributed by atoms with Gasteiger partial charge in [-0.1, -0.05) is 25.1 Å². The zero-order valence-corrected chi connectivity index (χ0v) is 19.4. The van der Waals surface area contributed by atoms with Gasteiger partial charge in [-0.05, 0) is 55.6 Å². The summed E-state index contributed by atoms with van der Waals surface area (Å²) in [6.07, 6.45) is 6.61. The van der Waals surface area contributed by atoms with Gasteiger partial charge in [-0.15, -0.1) is 0 Å². The molecule has 3 saturated carbocycles. The van der Waals surface area contributed by atoms with Crippen LogP contribution in [0.25, 0.3) is 33.5 Å². The number of aromatic amines is 1. The van der Waals surface area contributed by atoms with Gasteiger partial charge >= 0.3 is 0 Å². The number of rotatable bonds is 4. The Hall–Kier alpha value is -3.79. The van der Waals surface area contributed by atoms with E-state index in [-0.39, 0.29) is 5.52 Å². The fraction of sp³-hybridized carbons (Fsp3) is 0.321. The first-order chi connectivity index (χ1) is 17.0. The molecular formula is C28H25F2N5. The Balaban J connectivity index is 1.50. The van der Waals surface area contributed by atoms with Crippen LogP contribution < -0.4 is 5.32 Å². The van der Waals surface area contributed by atoms with Gasteiger partial charge in [0, 0.05) is 40.9 Å². The molecule has 2 bridgehead atoms. The summed E-state index contributed by atoms with van der Waals surface area (Å²) in [5.74, 6) is 1.54. The van der Waals surface area contributed by atoms with Crippen molar-refractivity contribution in [2.24, 2.45) is 17.8 Å². The van der Waals surface area contributed by atoms with E-state index in [1.807, 2.05) is 24.3 Å². The fourth-order valence-electron chi connectivity index (χ4n) is 6.10. The topological polar surface area (TPSA) is 77.4 Å². The molecule has 5 nitrogen and oxygen atoms in total. The summed E-state index contributed by atoms with van der Waals surface area (Å²) >= 11 is 0. The van der Waals surface area contributed by atoms with Gasteiger partial charge in [-0.2, -0.15) is 5.26 Å². The zero-order chi connectivity index (χ0) is 24.1.